The van der Waals surface area contributed by atoms with Crippen molar-refractivity contribution >= 4 is 23.4 Å². The molecule has 0 aliphatic heterocycles. The lowest BCUT2D eigenvalue weighted by Gasteiger charge is -2.20. The molecular formula is C15H18ClN3S. The maximum Gasteiger partial charge on any atom is 0.116 e. The predicted octanol–water partition coefficient (Wildman–Crippen LogP) is 4.17. The Bertz CT molecular complexity index is 567. The van der Waals surface area contributed by atoms with E-state index in [1.54, 1.807) is 18.0 Å². The number of hydrogen-bond acceptors (Lipinski definition) is 4. The minimum Gasteiger partial charge on any atom is -0.308 e. The van der Waals surface area contributed by atoms with Crippen molar-refractivity contribution in [1.29, 1.82) is 0 Å². The van der Waals surface area contributed by atoms with Crippen LogP contribution >= 0.6 is 23.4 Å². The van der Waals surface area contributed by atoms with E-state index in [-0.39, 0.29) is 5.54 Å². The lowest BCUT2D eigenvalue weighted by Crippen LogP contribution is -2.35. The number of halogens is 1. The molecule has 0 radical (unpaired) electrons. The van der Waals surface area contributed by atoms with Gasteiger partial charge < -0.3 is 5.32 Å². The monoisotopic (exact) mass is 307 g/mol. The first-order chi connectivity index (χ1) is 9.44. The van der Waals surface area contributed by atoms with Crippen LogP contribution in [-0.4, -0.2) is 15.5 Å². The summed E-state index contributed by atoms with van der Waals surface area (Å²) in [4.78, 5) is 9.10. The lowest BCUT2D eigenvalue weighted by atomic mass is 10.1. The number of rotatable bonds is 4. The van der Waals surface area contributed by atoms with Crippen LogP contribution in [0.3, 0.4) is 0 Å². The van der Waals surface area contributed by atoms with Crippen molar-refractivity contribution in [3.8, 4) is 0 Å². The van der Waals surface area contributed by atoms with E-state index in [1.807, 2.05) is 18.2 Å². The fraction of sp³-hybridized carbons (Fsp3) is 0.333. The van der Waals surface area contributed by atoms with Gasteiger partial charge in [-0.25, -0.2) is 9.97 Å². The first-order valence-corrected chi connectivity index (χ1v) is 7.61. The molecule has 0 aliphatic carbocycles. The van der Waals surface area contributed by atoms with E-state index in [4.69, 9.17) is 11.6 Å². The molecule has 5 heteroatoms. The highest BCUT2D eigenvalue weighted by atomic mass is 35.5. The van der Waals surface area contributed by atoms with Crippen molar-refractivity contribution in [1.82, 2.24) is 15.3 Å². The second-order valence-corrected chi connectivity index (χ2v) is 6.99. The smallest absolute Gasteiger partial charge is 0.116 e. The molecule has 1 N–H and O–H groups in total. The minimum atomic E-state index is 0.0981. The summed E-state index contributed by atoms with van der Waals surface area (Å²) in [6.07, 6.45) is 3.27. The molecule has 1 heterocycles. The van der Waals surface area contributed by atoms with Crippen molar-refractivity contribution in [3.63, 3.8) is 0 Å². The van der Waals surface area contributed by atoms with Crippen LogP contribution in [0.15, 0.2) is 46.7 Å². The molecule has 1 aromatic heterocycles. The third kappa shape index (κ3) is 4.78. The van der Waals surface area contributed by atoms with E-state index in [1.165, 1.54) is 11.9 Å². The highest BCUT2D eigenvalue weighted by molar-refractivity contribution is 7.99. The molecule has 0 spiro atoms. The zero-order valence-corrected chi connectivity index (χ0v) is 13.4. The Morgan fingerprint density at radius 3 is 2.65 bits per heavy atom. The van der Waals surface area contributed by atoms with Crippen molar-refractivity contribution in [2.24, 2.45) is 0 Å². The zero-order valence-electron chi connectivity index (χ0n) is 11.9. The molecule has 1 aromatic carbocycles. The fourth-order valence-corrected chi connectivity index (χ4v) is 2.62. The highest BCUT2D eigenvalue weighted by Crippen LogP contribution is 2.32. The third-order valence-electron chi connectivity index (χ3n) is 2.59. The van der Waals surface area contributed by atoms with Gasteiger partial charge in [-0.3, -0.25) is 0 Å². The van der Waals surface area contributed by atoms with Crippen LogP contribution in [0.5, 0.6) is 0 Å². The topological polar surface area (TPSA) is 37.8 Å². The van der Waals surface area contributed by atoms with Gasteiger partial charge in [-0.05, 0) is 44.5 Å². The van der Waals surface area contributed by atoms with Crippen molar-refractivity contribution in [2.45, 2.75) is 42.8 Å². The minimum absolute atomic E-state index is 0.0981. The molecule has 0 saturated heterocycles. The number of nitrogens with one attached hydrogen (secondary N) is 1. The van der Waals surface area contributed by atoms with Crippen LogP contribution in [0.4, 0.5) is 0 Å². The van der Waals surface area contributed by atoms with E-state index in [2.05, 4.69) is 42.1 Å². The van der Waals surface area contributed by atoms with Gasteiger partial charge in [0.2, 0.25) is 0 Å². The van der Waals surface area contributed by atoms with Gasteiger partial charge in [0.1, 0.15) is 11.4 Å². The first-order valence-electron chi connectivity index (χ1n) is 6.41. The summed E-state index contributed by atoms with van der Waals surface area (Å²) in [5.74, 6) is 0. The lowest BCUT2D eigenvalue weighted by molar-refractivity contribution is 0.424. The Morgan fingerprint density at radius 1 is 1.25 bits per heavy atom. The van der Waals surface area contributed by atoms with E-state index in [0.717, 1.165) is 21.5 Å². The third-order valence-corrected chi connectivity index (χ3v) is 4.04. The maximum absolute atomic E-state index is 6.34. The molecule has 3 nitrogen and oxygen atoms in total. The SMILES string of the molecule is CC(C)(C)NCc1ccc(Sc2ccncn2)c(Cl)c1. The molecule has 0 saturated carbocycles. The normalized spacial score (nSPS) is 11.6. The van der Waals surface area contributed by atoms with Gasteiger partial charge in [0.15, 0.2) is 0 Å². The molecule has 0 aliphatic rings. The van der Waals surface area contributed by atoms with Crippen molar-refractivity contribution < 1.29 is 0 Å². The summed E-state index contributed by atoms with van der Waals surface area (Å²) >= 11 is 7.88. The molecule has 106 valence electrons. The Kier molecular flexibility index (Phi) is 5.02. The highest BCUT2D eigenvalue weighted by Gasteiger charge is 2.10. The van der Waals surface area contributed by atoms with Crippen LogP contribution in [0, 0.1) is 0 Å². The van der Waals surface area contributed by atoms with Gasteiger partial charge in [-0.2, -0.15) is 0 Å². The second kappa shape index (κ2) is 6.57. The zero-order chi connectivity index (χ0) is 14.6. The number of aromatic nitrogens is 2. The Morgan fingerprint density at radius 2 is 2.05 bits per heavy atom. The van der Waals surface area contributed by atoms with Crippen LogP contribution < -0.4 is 5.32 Å². The van der Waals surface area contributed by atoms with Crippen LogP contribution in [0.2, 0.25) is 5.02 Å². The largest absolute Gasteiger partial charge is 0.308 e. The predicted molar refractivity (Wildman–Crippen MR) is 84.2 cm³/mol. The standard InChI is InChI=1S/C15H18ClN3S/c1-15(2,3)19-9-11-4-5-13(12(16)8-11)20-14-6-7-17-10-18-14/h4-8,10,19H,9H2,1-3H3. The van der Waals surface area contributed by atoms with Crippen molar-refractivity contribution in [2.75, 3.05) is 0 Å². The molecular weight excluding hydrogens is 290 g/mol. The van der Waals surface area contributed by atoms with E-state index in [9.17, 15) is 0 Å². The Balaban J connectivity index is 2.06. The fourth-order valence-electron chi connectivity index (χ4n) is 1.56. The summed E-state index contributed by atoms with van der Waals surface area (Å²) in [6.45, 7) is 7.25. The average molecular weight is 308 g/mol. The van der Waals surface area contributed by atoms with E-state index >= 15 is 0 Å². The van der Waals surface area contributed by atoms with Crippen molar-refractivity contribution in [3.05, 3.63) is 47.4 Å². The molecule has 0 amide bonds. The van der Waals surface area contributed by atoms with Crippen LogP contribution in [0.1, 0.15) is 26.3 Å². The number of hydrogen-bond donors (Lipinski definition) is 1. The van der Waals surface area contributed by atoms with Gasteiger partial charge in [0.05, 0.1) is 5.02 Å². The Labute approximate surface area is 129 Å². The van der Waals surface area contributed by atoms with Gasteiger partial charge in [0, 0.05) is 23.2 Å². The summed E-state index contributed by atoms with van der Waals surface area (Å²) in [6, 6.07) is 8.00. The molecule has 0 atom stereocenters. The molecule has 20 heavy (non-hydrogen) atoms. The van der Waals surface area contributed by atoms with E-state index < -0.39 is 0 Å². The van der Waals surface area contributed by atoms with Crippen LogP contribution in [0.25, 0.3) is 0 Å². The van der Waals surface area contributed by atoms with Gasteiger partial charge in [0.25, 0.3) is 0 Å². The van der Waals surface area contributed by atoms with Gasteiger partial charge in [-0.15, -0.1) is 0 Å². The Hall–Kier alpha value is -1.10. The summed E-state index contributed by atoms with van der Waals surface area (Å²) in [7, 11) is 0. The van der Waals surface area contributed by atoms with Crippen LogP contribution in [-0.2, 0) is 6.54 Å². The summed E-state index contributed by atoms with van der Waals surface area (Å²) in [5, 5.41) is 5.09. The first kappa shape index (κ1) is 15.3. The van der Waals surface area contributed by atoms with Gasteiger partial charge in [-0.1, -0.05) is 29.4 Å². The summed E-state index contributed by atoms with van der Waals surface area (Å²) < 4.78 is 0. The maximum atomic E-state index is 6.34. The van der Waals surface area contributed by atoms with E-state index in [0.29, 0.717) is 0 Å². The molecule has 0 bridgehead atoms. The summed E-state index contributed by atoms with van der Waals surface area (Å²) in [5.41, 5.74) is 1.28. The molecule has 2 rings (SSSR count). The molecule has 0 unspecified atom stereocenters. The molecule has 0 fully saturated rings. The van der Waals surface area contributed by atoms with Gasteiger partial charge >= 0.3 is 0 Å². The second-order valence-electron chi connectivity index (χ2n) is 5.52. The number of nitrogens with zero attached hydrogens (tertiary/aromatic N) is 2. The average Bonchev–Trinajstić information content (AvgIpc) is 2.40. The molecule has 2 aromatic rings. The quantitative estimate of drug-likeness (QED) is 0.860. The number of benzene rings is 1.